The number of carbonyl (C=O) groups excluding carboxylic acids is 1. The molecule has 2 aliphatic heterocycles. The minimum atomic E-state index is -0.127. The van der Waals surface area contributed by atoms with Gasteiger partial charge in [-0.15, -0.1) is 0 Å². The Morgan fingerprint density at radius 1 is 1.10 bits per heavy atom. The van der Waals surface area contributed by atoms with Crippen molar-refractivity contribution in [1.29, 1.82) is 0 Å². The highest BCUT2D eigenvalue weighted by molar-refractivity contribution is 6.00. The lowest BCUT2D eigenvalue weighted by molar-refractivity contribution is -0.128. The van der Waals surface area contributed by atoms with E-state index in [1.807, 2.05) is 35.2 Å². The smallest absolute Gasteiger partial charge is 0.234 e. The summed E-state index contributed by atoms with van der Waals surface area (Å²) in [7, 11) is 0. The summed E-state index contributed by atoms with van der Waals surface area (Å²) in [6, 6.07) is 10.6. The maximum absolute atomic E-state index is 13.0. The zero-order valence-electron chi connectivity index (χ0n) is 12.5. The molecule has 3 heteroatoms. The Balaban J connectivity index is 1.81. The maximum Gasteiger partial charge on any atom is 0.234 e. The fourth-order valence-corrected chi connectivity index (χ4v) is 3.66. The van der Waals surface area contributed by atoms with Crippen molar-refractivity contribution in [2.24, 2.45) is 5.41 Å². The van der Waals surface area contributed by atoms with Crippen molar-refractivity contribution in [3.8, 4) is 0 Å². The highest BCUT2D eigenvalue weighted by Gasteiger charge is 2.49. The van der Waals surface area contributed by atoms with Crippen LogP contribution in [0.2, 0.25) is 0 Å². The topological polar surface area (TPSA) is 23.6 Å². The first kappa shape index (κ1) is 13.6. The Morgan fingerprint density at radius 3 is 2.55 bits per heavy atom. The van der Waals surface area contributed by atoms with Crippen LogP contribution in [0, 0.1) is 5.41 Å². The number of hydrogen-bond acceptors (Lipinski definition) is 2. The predicted molar refractivity (Wildman–Crippen MR) is 81.8 cm³/mol. The van der Waals surface area contributed by atoms with Gasteiger partial charge < -0.3 is 4.90 Å². The second-order valence-electron chi connectivity index (χ2n) is 6.49. The highest BCUT2D eigenvalue weighted by atomic mass is 16.2. The number of anilines is 1. The van der Waals surface area contributed by atoms with Gasteiger partial charge in [-0.25, -0.2) is 0 Å². The third-order valence-electron chi connectivity index (χ3n) is 4.92. The normalized spacial score (nSPS) is 27.8. The standard InChI is InChI=1S/C17H24N2O/c1-14(2)18-11-6-9-17(13-18)10-12-19(16(17)20)15-7-4-3-5-8-15/h3-5,7-8,14H,6,9-13H2,1-2H3. The summed E-state index contributed by atoms with van der Waals surface area (Å²) >= 11 is 0. The molecule has 3 rings (SSSR count). The molecule has 1 unspecified atom stereocenters. The van der Waals surface area contributed by atoms with Gasteiger partial charge in [-0.2, -0.15) is 0 Å². The number of benzene rings is 1. The summed E-state index contributed by atoms with van der Waals surface area (Å²) in [5, 5.41) is 0. The van der Waals surface area contributed by atoms with Crippen molar-refractivity contribution in [2.75, 3.05) is 24.5 Å². The molecule has 0 bridgehead atoms. The third-order valence-corrected chi connectivity index (χ3v) is 4.92. The average Bonchev–Trinajstić information content (AvgIpc) is 2.77. The van der Waals surface area contributed by atoms with Crippen LogP contribution < -0.4 is 4.90 Å². The molecule has 2 fully saturated rings. The molecule has 2 aliphatic rings. The molecule has 1 aromatic carbocycles. The molecule has 20 heavy (non-hydrogen) atoms. The first-order chi connectivity index (χ1) is 9.62. The number of amides is 1. The number of piperidine rings is 1. The van der Waals surface area contributed by atoms with Gasteiger partial charge in [0.25, 0.3) is 0 Å². The maximum atomic E-state index is 13.0. The van der Waals surface area contributed by atoms with Crippen LogP contribution in [-0.4, -0.2) is 36.5 Å². The number of hydrogen-bond donors (Lipinski definition) is 0. The predicted octanol–water partition coefficient (Wildman–Crippen LogP) is 2.91. The number of rotatable bonds is 2. The van der Waals surface area contributed by atoms with Crippen LogP contribution >= 0.6 is 0 Å². The molecule has 1 amide bonds. The van der Waals surface area contributed by atoms with E-state index in [0.717, 1.165) is 44.6 Å². The van der Waals surface area contributed by atoms with Gasteiger partial charge in [-0.3, -0.25) is 9.69 Å². The first-order valence-corrected chi connectivity index (χ1v) is 7.73. The molecular formula is C17H24N2O. The second kappa shape index (κ2) is 5.21. The fourth-order valence-electron chi connectivity index (χ4n) is 3.66. The Kier molecular flexibility index (Phi) is 3.55. The molecule has 1 spiro atoms. The van der Waals surface area contributed by atoms with E-state index in [1.165, 1.54) is 0 Å². The van der Waals surface area contributed by atoms with Crippen molar-refractivity contribution in [1.82, 2.24) is 4.90 Å². The lowest BCUT2D eigenvalue weighted by Crippen LogP contribution is -2.50. The molecule has 2 saturated heterocycles. The van der Waals surface area contributed by atoms with Gasteiger partial charge in [0.1, 0.15) is 0 Å². The van der Waals surface area contributed by atoms with Crippen LogP contribution in [0.4, 0.5) is 5.69 Å². The van der Waals surface area contributed by atoms with Crippen LogP contribution in [0.15, 0.2) is 30.3 Å². The SMILES string of the molecule is CC(C)N1CCCC2(CCN(c3ccccc3)C2=O)C1. The summed E-state index contributed by atoms with van der Waals surface area (Å²) in [6.45, 7) is 7.40. The van der Waals surface area contributed by atoms with Crippen LogP contribution in [0.1, 0.15) is 33.1 Å². The van der Waals surface area contributed by atoms with Gasteiger partial charge in [-0.05, 0) is 51.8 Å². The van der Waals surface area contributed by atoms with E-state index >= 15 is 0 Å². The van der Waals surface area contributed by atoms with E-state index in [-0.39, 0.29) is 5.41 Å². The molecule has 1 atom stereocenters. The molecule has 0 radical (unpaired) electrons. The second-order valence-corrected chi connectivity index (χ2v) is 6.49. The first-order valence-electron chi connectivity index (χ1n) is 7.73. The van der Waals surface area contributed by atoms with Gasteiger partial charge in [0.15, 0.2) is 0 Å². The van der Waals surface area contributed by atoms with E-state index in [9.17, 15) is 4.79 Å². The zero-order valence-corrected chi connectivity index (χ0v) is 12.5. The van der Waals surface area contributed by atoms with Crippen molar-refractivity contribution < 1.29 is 4.79 Å². The third kappa shape index (κ3) is 2.24. The van der Waals surface area contributed by atoms with Crippen molar-refractivity contribution in [3.63, 3.8) is 0 Å². The monoisotopic (exact) mass is 272 g/mol. The number of likely N-dealkylation sites (tertiary alicyclic amines) is 1. The van der Waals surface area contributed by atoms with E-state index in [4.69, 9.17) is 0 Å². The van der Waals surface area contributed by atoms with Crippen LogP contribution in [0.3, 0.4) is 0 Å². The van der Waals surface area contributed by atoms with Gasteiger partial charge >= 0.3 is 0 Å². The summed E-state index contributed by atoms with van der Waals surface area (Å²) in [6.07, 6.45) is 3.20. The molecule has 2 heterocycles. The Hall–Kier alpha value is -1.35. The van der Waals surface area contributed by atoms with Gasteiger partial charge in [0, 0.05) is 24.8 Å². The number of nitrogens with zero attached hydrogens (tertiary/aromatic N) is 2. The minimum absolute atomic E-state index is 0.127. The Morgan fingerprint density at radius 2 is 1.85 bits per heavy atom. The summed E-state index contributed by atoms with van der Waals surface area (Å²) < 4.78 is 0. The average molecular weight is 272 g/mol. The fraction of sp³-hybridized carbons (Fsp3) is 0.588. The summed E-state index contributed by atoms with van der Waals surface area (Å²) in [5.74, 6) is 0.342. The van der Waals surface area contributed by atoms with Crippen molar-refractivity contribution in [2.45, 2.75) is 39.2 Å². The van der Waals surface area contributed by atoms with E-state index in [0.29, 0.717) is 11.9 Å². The quantitative estimate of drug-likeness (QED) is 0.826. The van der Waals surface area contributed by atoms with Crippen LogP contribution in [-0.2, 0) is 4.79 Å². The molecule has 1 aromatic rings. The molecule has 0 aliphatic carbocycles. The van der Waals surface area contributed by atoms with E-state index < -0.39 is 0 Å². The van der Waals surface area contributed by atoms with Gasteiger partial charge in [0.2, 0.25) is 5.91 Å². The minimum Gasteiger partial charge on any atom is -0.312 e. The molecule has 0 saturated carbocycles. The van der Waals surface area contributed by atoms with Gasteiger partial charge in [0.05, 0.1) is 5.41 Å². The van der Waals surface area contributed by atoms with Crippen LogP contribution in [0.5, 0.6) is 0 Å². The van der Waals surface area contributed by atoms with Crippen molar-refractivity contribution >= 4 is 11.6 Å². The molecule has 0 N–H and O–H groups in total. The molecule has 108 valence electrons. The van der Waals surface area contributed by atoms with Gasteiger partial charge in [-0.1, -0.05) is 18.2 Å². The Labute approximate surface area is 121 Å². The summed E-state index contributed by atoms with van der Waals surface area (Å²) in [5.41, 5.74) is 0.925. The summed E-state index contributed by atoms with van der Waals surface area (Å²) in [4.78, 5) is 17.4. The lowest BCUT2D eigenvalue weighted by Gasteiger charge is -2.41. The van der Waals surface area contributed by atoms with Crippen LogP contribution in [0.25, 0.3) is 0 Å². The molecule has 0 aromatic heterocycles. The highest BCUT2D eigenvalue weighted by Crippen LogP contribution is 2.42. The number of carbonyl (C=O) groups is 1. The Bertz CT molecular complexity index is 485. The van der Waals surface area contributed by atoms with Crippen molar-refractivity contribution in [3.05, 3.63) is 30.3 Å². The zero-order chi connectivity index (χ0) is 14.2. The molecular weight excluding hydrogens is 248 g/mol. The van der Waals surface area contributed by atoms with E-state index in [2.05, 4.69) is 18.7 Å². The number of para-hydroxylation sites is 1. The largest absolute Gasteiger partial charge is 0.312 e. The lowest BCUT2D eigenvalue weighted by atomic mass is 9.78. The molecule has 3 nitrogen and oxygen atoms in total. The van der Waals surface area contributed by atoms with E-state index in [1.54, 1.807) is 0 Å².